The zero-order valence-corrected chi connectivity index (χ0v) is 18.8. The standard InChI is InChI=1S/C24H25N7O2/c1-14(2)30-23(33)20-13-27-24(28-18-5-4-17-12-25-8-6-16(17)10-18)29-22(20)31(30)19-7-9-26-21(11-19)15(3)32/h4-5,7,9-11,13-14,25H,6,8,12H2,1-3H3,(H,27,28,29). The number of benzene rings is 1. The number of pyridine rings is 1. The maximum absolute atomic E-state index is 13.2. The molecule has 0 saturated carbocycles. The minimum absolute atomic E-state index is 0.133. The summed E-state index contributed by atoms with van der Waals surface area (Å²) in [6.45, 7) is 7.16. The molecule has 0 atom stereocenters. The second-order valence-corrected chi connectivity index (χ2v) is 8.48. The molecule has 1 aliphatic heterocycles. The van der Waals surface area contributed by atoms with E-state index in [4.69, 9.17) is 4.98 Å². The summed E-state index contributed by atoms with van der Waals surface area (Å²) in [5.74, 6) is 0.248. The Kier molecular flexibility index (Phi) is 5.26. The summed E-state index contributed by atoms with van der Waals surface area (Å²) in [5, 5.41) is 7.06. The zero-order chi connectivity index (χ0) is 23.1. The summed E-state index contributed by atoms with van der Waals surface area (Å²) < 4.78 is 3.36. The molecule has 4 aromatic rings. The average Bonchev–Trinajstić information content (AvgIpc) is 3.11. The highest BCUT2D eigenvalue weighted by molar-refractivity contribution is 5.92. The number of rotatable bonds is 5. The summed E-state index contributed by atoms with van der Waals surface area (Å²) in [5.41, 5.74) is 4.74. The number of fused-ring (bicyclic) bond motifs is 2. The van der Waals surface area contributed by atoms with Crippen molar-refractivity contribution in [3.8, 4) is 5.69 Å². The first-order chi connectivity index (χ1) is 15.9. The summed E-state index contributed by atoms with van der Waals surface area (Å²) in [6, 6.07) is 9.54. The number of nitrogens with one attached hydrogen (secondary N) is 2. The molecule has 2 N–H and O–H groups in total. The van der Waals surface area contributed by atoms with Gasteiger partial charge in [-0.05, 0) is 62.2 Å². The van der Waals surface area contributed by atoms with E-state index >= 15 is 0 Å². The van der Waals surface area contributed by atoms with E-state index in [-0.39, 0.29) is 17.4 Å². The van der Waals surface area contributed by atoms with Gasteiger partial charge in [-0.3, -0.25) is 14.6 Å². The maximum atomic E-state index is 13.2. The van der Waals surface area contributed by atoms with Crippen molar-refractivity contribution in [2.75, 3.05) is 11.9 Å². The van der Waals surface area contributed by atoms with E-state index in [1.54, 1.807) is 33.9 Å². The Bertz CT molecular complexity index is 1430. The molecule has 0 amide bonds. The Morgan fingerprint density at radius 2 is 2.00 bits per heavy atom. The van der Waals surface area contributed by atoms with Crippen LogP contribution in [0.2, 0.25) is 0 Å². The molecule has 0 fully saturated rings. The Morgan fingerprint density at radius 3 is 2.79 bits per heavy atom. The lowest BCUT2D eigenvalue weighted by Gasteiger charge is -2.18. The van der Waals surface area contributed by atoms with E-state index in [9.17, 15) is 9.59 Å². The smallest absolute Gasteiger partial charge is 0.278 e. The number of carbonyl (C=O) groups excluding carboxylic acids is 1. The molecule has 33 heavy (non-hydrogen) atoms. The van der Waals surface area contributed by atoms with Crippen molar-refractivity contribution in [3.05, 3.63) is 69.9 Å². The molecule has 0 aliphatic carbocycles. The fraction of sp³-hybridized carbons (Fsp3) is 0.292. The van der Waals surface area contributed by atoms with Crippen molar-refractivity contribution >= 4 is 28.5 Å². The van der Waals surface area contributed by atoms with Gasteiger partial charge in [0.25, 0.3) is 5.56 Å². The normalized spacial score (nSPS) is 13.3. The summed E-state index contributed by atoms with van der Waals surface area (Å²) in [6.07, 6.45) is 4.09. The van der Waals surface area contributed by atoms with Crippen LogP contribution in [0.3, 0.4) is 0 Å². The van der Waals surface area contributed by atoms with E-state index < -0.39 is 0 Å². The third-order valence-corrected chi connectivity index (χ3v) is 5.81. The van der Waals surface area contributed by atoms with Crippen LogP contribution in [-0.2, 0) is 13.0 Å². The number of aromatic nitrogens is 5. The number of carbonyl (C=O) groups is 1. The first-order valence-corrected chi connectivity index (χ1v) is 11.0. The van der Waals surface area contributed by atoms with Crippen LogP contribution in [0.25, 0.3) is 16.7 Å². The van der Waals surface area contributed by atoms with Gasteiger partial charge in [-0.2, -0.15) is 4.98 Å². The van der Waals surface area contributed by atoms with Crippen LogP contribution in [0.5, 0.6) is 0 Å². The minimum Gasteiger partial charge on any atom is -0.324 e. The van der Waals surface area contributed by atoms with Gasteiger partial charge in [-0.1, -0.05) is 6.07 Å². The van der Waals surface area contributed by atoms with Crippen LogP contribution in [0, 0.1) is 0 Å². The fourth-order valence-electron chi connectivity index (χ4n) is 4.20. The lowest BCUT2D eigenvalue weighted by Crippen LogP contribution is -2.24. The maximum Gasteiger partial charge on any atom is 0.278 e. The predicted octanol–water partition coefficient (Wildman–Crippen LogP) is 3.15. The quantitative estimate of drug-likeness (QED) is 0.456. The Hall–Kier alpha value is -3.85. The molecule has 168 valence electrons. The highest BCUT2D eigenvalue weighted by Crippen LogP contribution is 2.23. The molecular formula is C24H25N7O2. The van der Waals surface area contributed by atoms with Gasteiger partial charge < -0.3 is 10.6 Å². The SMILES string of the molecule is CC(=O)c1cc(-n2c3nc(Nc4ccc5c(c4)CCNC5)ncc3c(=O)n2C(C)C)ccn1. The van der Waals surface area contributed by atoms with Gasteiger partial charge in [-0.15, -0.1) is 0 Å². The molecule has 0 bridgehead atoms. The van der Waals surface area contributed by atoms with Crippen molar-refractivity contribution in [2.24, 2.45) is 0 Å². The Labute approximate surface area is 190 Å². The molecule has 0 saturated heterocycles. The molecule has 0 spiro atoms. The molecule has 4 heterocycles. The second kappa shape index (κ2) is 8.25. The molecule has 3 aromatic heterocycles. The molecule has 9 heteroatoms. The lowest BCUT2D eigenvalue weighted by atomic mass is 10.0. The van der Waals surface area contributed by atoms with Crippen LogP contribution in [-0.4, -0.2) is 36.6 Å². The van der Waals surface area contributed by atoms with Crippen molar-refractivity contribution in [3.63, 3.8) is 0 Å². The van der Waals surface area contributed by atoms with Crippen molar-refractivity contribution in [2.45, 2.75) is 39.8 Å². The van der Waals surface area contributed by atoms with Crippen LogP contribution in [0.1, 0.15) is 48.4 Å². The van der Waals surface area contributed by atoms with E-state index in [0.717, 1.165) is 25.2 Å². The highest BCUT2D eigenvalue weighted by atomic mass is 16.1. The highest BCUT2D eigenvalue weighted by Gasteiger charge is 2.20. The Balaban J connectivity index is 1.63. The summed E-state index contributed by atoms with van der Waals surface area (Å²) in [4.78, 5) is 38.3. The van der Waals surface area contributed by atoms with Gasteiger partial charge in [0.05, 0.1) is 5.69 Å². The number of nitrogens with zero attached hydrogens (tertiary/aromatic N) is 5. The lowest BCUT2D eigenvalue weighted by molar-refractivity contribution is 0.101. The van der Waals surface area contributed by atoms with E-state index in [2.05, 4.69) is 32.7 Å². The van der Waals surface area contributed by atoms with Gasteiger partial charge in [0.1, 0.15) is 11.1 Å². The number of hydrogen-bond donors (Lipinski definition) is 2. The Morgan fingerprint density at radius 1 is 1.15 bits per heavy atom. The largest absolute Gasteiger partial charge is 0.324 e. The van der Waals surface area contributed by atoms with Gasteiger partial charge in [-0.25, -0.2) is 14.3 Å². The molecule has 9 nitrogen and oxygen atoms in total. The van der Waals surface area contributed by atoms with E-state index in [0.29, 0.717) is 28.4 Å². The van der Waals surface area contributed by atoms with Crippen LogP contribution in [0.4, 0.5) is 11.6 Å². The first-order valence-electron chi connectivity index (χ1n) is 11.0. The first kappa shape index (κ1) is 21.0. The number of anilines is 2. The fourth-order valence-corrected chi connectivity index (χ4v) is 4.20. The van der Waals surface area contributed by atoms with Crippen LogP contribution < -0.4 is 16.2 Å². The average molecular weight is 444 g/mol. The van der Waals surface area contributed by atoms with Gasteiger partial charge in [0.15, 0.2) is 11.4 Å². The summed E-state index contributed by atoms with van der Waals surface area (Å²) in [7, 11) is 0. The predicted molar refractivity (Wildman–Crippen MR) is 126 cm³/mol. The third-order valence-electron chi connectivity index (χ3n) is 5.81. The minimum atomic E-state index is -0.186. The van der Waals surface area contributed by atoms with Gasteiger partial charge in [0.2, 0.25) is 5.95 Å². The van der Waals surface area contributed by atoms with Gasteiger partial charge >= 0.3 is 0 Å². The molecule has 5 rings (SSSR count). The van der Waals surface area contributed by atoms with E-state index in [1.165, 1.54) is 18.1 Å². The second-order valence-electron chi connectivity index (χ2n) is 8.48. The number of Topliss-reactive ketones (excluding diaryl/α,β-unsaturated/α-hetero) is 1. The summed E-state index contributed by atoms with van der Waals surface area (Å²) >= 11 is 0. The molecule has 1 aliphatic rings. The van der Waals surface area contributed by atoms with Crippen molar-refractivity contribution in [1.29, 1.82) is 0 Å². The topological polar surface area (TPSA) is 107 Å². The van der Waals surface area contributed by atoms with Crippen LogP contribution >= 0.6 is 0 Å². The van der Waals surface area contributed by atoms with Crippen molar-refractivity contribution < 1.29 is 4.79 Å². The number of hydrogen-bond acceptors (Lipinski definition) is 7. The molecule has 1 aromatic carbocycles. The third kappa shape index (κ3) is 3.80. The van der Waals surface area contributed by atoms with E-state index in [1.807, 2.05) is 19.9 Å². The zero-order valence-electron chi connectivity index (χ0n) is 18.8. The van der Waals surface area contributed by atoms with Crippen molar-refractivity contribution in [1.82, 2.24) is 29.6 Å². The molecular weight excluding hydrogens is 418 g/mol. The number of ketones is 1. The molecule has 0 unspecified atom stereocenters. The van der Waals surface area contributed by atoms with Crippen LogP contribution in [0.15, 0.2) is 47.5 Å². The van der Waals surface area contributed by atoms with Gasteiger partial charge in [0, 0.05) is 37.6 Å². The molecule has 0 radical (unpaired) electrons. The monoisotopic (exact) mass is 443 g/mol.